The average molecular weight is 304 g/mol. The summed E-state index contributed by atoms with van der Waals surface area (Å²) in [5.74, 6) is -0.0350. The van der Waals surface area contributed by atoms with Gasteiger partial charge in [0, 0.05) is 6.54 Å². The van der Waals surface area contributed by atoms with Gasteiger partial charge in [-0.1, -0.05) is 12.1 Å². The van der Waals surface area contributed by atoms with Crippen molar-refractivity contribution in [2.45, 2.75) is 6.54 Å². The molecule has 116 valence electrons. The van der Waals surface area contributed by atoms with Crippen molar-refractivity contribution in [3.63, 3.8) is 0 Å². The Balaban J connectivity index is 2.05. The van der Waals surface area contributed by atoms with Crippen molar-refractivity contribution in [2.24, 2.45) is 0 Å². The summed E-state index contributed by atoms with van der Waals surface area (Å²) >= 11 is 0. The Morgan fingerprint density at radius 3 is 2.09 bits per heavy atom. The first-order chi connectivity index (χ1) is 10.7. The number of esters is 1. The second kappa shape index (κ2) is 7.21. The number of aromatic nitrogens is 3. The lowest BCUT2D eigenvalue weighted by atomic mass is 10.1. The second-order valence-electron chi connectivity index (χ2n) is 4.17. The van der Waals surface area contributed by atoms with Crippen LogP contribution in [-0.2, 0) is 11.3 Å². The zero-order chi connectivity index (χ0) is 15.9. The Hall–Kier alpha value is -2.90. The Bertz CT molecular complexity index is 624. The molecule has 0 saturated heterocycles. The number of hydrogen-bond donors (Lipinski definition) is 1. The standard InChI is InChI=1S/C14H16N4O4/c1-20-11(19)10-6-4-9(5-7-10)8-15-12-16-13(21-2)18-14(17-12)22-3/h4-7H,8H2,1-3H3,(H,15,16,17,18). The van der Waals surface area contributed by atoms with Crippen LogP contribution >= 0.6 is 0 Å². The van der Waals surface area contributed by atoms with Crippen molar-refractivity contribution in [2.75, 3.05) is 26.6 Å². The van der Waals surface area contributed by atoms with Crippen LogP contribution in [-0.4, -0.2) is 42.3 Å². The molecule has 8 nitrogen and oxygen atoms in total. The first-order valence-corrected chi connectivity index (χ1v) is 6.41. The van der Waals surface area contributed by atoms with Crippen LogP contribution < -0.4 is 14.8 Å². The molecule has 0 atom stereocenters. The minimum atomic E-state index is -0.369. The molecule has 1 N–H and O–H groups in total. The van der Waals surface area contributed by atoms with E-state index in [4.69, 9.17) is 9.47 Å². The van der Waals surface area contributed by atoms with Crippen LogP contribution in [0.3, 0.4) is 0 Å². The Morgan fingerprint density at radius 2 is 1.59 bits per heavy atom. The monoisotopic (exact) mass is 304 g/mol. The maximum absolute atomic E-state index is 11.4. The van der Waals surface area contributed by atoms with Crippen molar-refractivity contribution in [3.05, 3.63) is 35.4 Å². The lowest BCUT2D eigenvalue weighted by molar-refractivity contribution is 0.0600. The molecule has 0 unspecified atom stereocenters. The van der Waals surface area contributed by atoms with E-state index in [2.05, 4.69) is 25.0 Å². The molecular weight excluding hydrogens is 288 g/mol. The fraction of sp³-hybridized carbons (Fsp3) is 0.286. The van der Waals surface area contributed by atoms with Crippen LogP contribution in [0, 0.1) is 0 Å². The van der Waals surface area contributed by atoms with E-state index in [0.29, 0.717) is 18.1 Å². The van der Waals surface area contributed by atoms with Crippen molar-refractivity contribution in [3.8, 4) is 12.0 Å². The summed E-state index contributed by atoms with van der Waals surface area (Å²) in [6, 6.07) is 7.34. The normalized spacial score (nSPS) is 9.95. The molecule has 1 heterocycles. The second-order valence-corrected chi connectivity index (χ2v) is 4.17. The van der Waals surface area contributed by atoms with E-state index >= 15 is 0 Å². The molecule has 2 aromatic rings. The number of nitrogens with zero attached hydrogens (tertiary/aromatic N) is 3. The van der Waals surface area contributed by atoms with Gasteiger partial charge in [0.2, 0.25) is 5.95 Å². The Morgan fingerprint density at radius 1 is 1.00 bits per heavy atom. The fourth-order valence-corrected chi connectivity index (χ4v) is 1.66. The first-order valence-electron chi connectivity index (χ1n) is 6.41. The minimum absolute atomic E-state index is 0.162. The molecule has 0 spiro atoms. The van der Waals surface area contributed by atoms with Gasteiger partial charge >= 0.3 is 18.0 Å². The van der Waals surface area contributed by atoms with E-state index in [1.165, 1.54) is 21.3 Å². The third-order valence-electron chi connectivity index (χ3n) is 2.79. The van der Waals surface area contributed by atoms with E-state index < -0.39 is 0 Å². The molecule has 22 heavy (non-hydrogen) atoms. The summed E-state index contributed by atoms with van der Waals surface area (Å²) in [5.41, 5.74) is 1.45. The number of hydrogen-bond acceptors (Lipinski definition) is 8. The molecule has 2 rings (SSSR count). The number of carbonyl (C=O) groups is 1. The molecule has 0 aliphatic heterocycles. The van der Waals surface area contributed by atoms with Gasteiger partial charge in [-0.25, -0.2) is 4.79 Å². The molecule has 0 radical (unpaired) electrons. The van der Waals surface area contributed by atoms with E-state index in [-0.39, 0.29) is 18.0 Å². The van der Waals surface area contributed by atoms with Gasteiger partial charge in [-0.3, -0.25) is 0 Å². The average Bonchev–Trinajstić information content (AvgIpc) is 2.59. The molecule has 0 saturated carbocycles. The van der Waals surface area contributed by atoms with Crippen molar-refractivity contribution in [1.82, 2.24) is 15.0 Å². The first kappa shape index (κ1) is 15.5. The fourth-order valence-electron chi connectivity index (χ4n) is 1.66. The molecular formula is C14H16N4O4. The van der Waals surface area contributed by atoms with Gasteiger partial charge in [-0.05, 0) is 17.7 Å². The van der Waals surface area contributed by atoms with Gasteiger partial charge in [0.05, 0.1) is 26.9 Å². The molecule has 8 heteroatoms. The summed E-state index contributed by atoms with van der Waals surface area (Å²) in [7, 11) is 4.27. The van der Waals surface area contributed by atoms with Gasteiger partial charge in [-0.15, -0.1) is 4.98 Å². The third kappa shape index (κ3) is 3.81. The van der Waals surface area contributed by atoms with Gasteiger partial charge in [0.1, 0.15) is 0 Å². The molecule has 0 fully saturated rings. The Labute approximate surface area is 127 Å². The highest BCUT2D eigenvalue weighted by Crippen LogP contribution is 2.13. The highest BCUT2D eigenvalue weighted by atomic mass is 16.5. The van der Waals surface area contributed by atoms with Gasteiger partial charge in [0.25, 0.3) is 0 Å². The maximum Gasteiger partial charge on any atom is 0.337 e. The van der Waals surface area contributed by atoms with Crippen LogP contribution in [0.2, 0.25) is 0 Å². The molecule has 0 bridgehead atoms. The largest absolute Gasteiger partial charge is 0.467 e. The lowest BCUT2D eigenvalue weighted by Gasteiger charge is -2.08. The van der Waals surface area contributed by atoms with Crippen LogP contribution in [0.4, 0.5) is 5.95 Å². The number of methoxy groups -OCH3 is 3. The number of benzene rings is 1. The summed E-state index contributed by atoms with van der Waals surface area (Å²) in [6.07, 6.45) is 0. The Kier molecular flexibility index (Phi) is 5.07. The summed E-state index contributed by atoms with van der Waals surface area (Å²) in [4.78, 5) is 23.4. The van der Waals surface area contributed by atoms with Crippen molar-refractivity contribution in [1.29, 1.82) is 0 Å². The van der Waals surface area contributed by atoms with Crippen molar-refractivity contribution < 1.29 is 19.0 Å². The van der Waals surface area contributed by atoms with E-state index in [9.17, 15) is 4.79 Å². The zero-order valence-electron chi connectivity index (χ0n) is 12.5. The number of rotatable bonds is 6. The lowest BCUT2D eigenvalue weighted by Crippen LogP contribution is -2.07. The predicted octanol–water partition coefficient (Wildman–Crippen LogP) is 1.29. The van der Waals surface area contributed by atoms with Crippen LogP contribution in [0.25, 0.3) is 0 Å². The smallest absolute Gasteiger partial charge is 0.337 e. The number of carbonyl (C=O) groups excluding carboxylic acids is 1. The van der Waals surface area contributed by atoms with E-state index in [0.717, 1.165) is 5.56 Å². The molecule has 1 aromatic carbocycles. The highest BCUT2D eigenvalue weighted by molar-refractivity contribution is 5.89. The maximum atomic E-state index is 11.4. The summed E-state index contributed by atoms with van der Waals surface area (Å²) in [5, 5.41) is 3.03. The van der Waals surface area contributed by atoms with Gasteiger partial charge in [0.15, 0.2) is 0 Å². The van der Waals surface area contributed by atoms with Crippen LogP contribution in [0.15, 0.2) is 24.3 Å². The molecule has 1 aromatic heterocycles. The molecule has 0 aliphatic rings. The minimum Gasteiger partial charge on any atom is -0.467 e. The molecule has 0 amide bonds. The topological polar surface area (TPSA) is 95.5 Å². The van der Waals surface area contributed by atoms with Crippen molar-refractivity contribution >= 4 is 11.9 Å². The predicted molar refractivity (Wildman–Crippen MR) is 78.0 cm³/mol. The summed E-state index contributed by atoms with van der Waals surface area (Å²) in [6.45, 7) is 0.470. The summed E-state index contributed by atoms with van der Waals surface area (Å²) < 4.78 is 14.6. The van der Waals surface area contributed by atoms with Gasteiger partial charge < -0.3 is 19.5 Å². The molecule has 0 aliphatic carbocycles. The number of anilines is 1. The van der Waals surface area contributed by atoms with E-state index in [1.807, 2.05) is 12.1 Å². The van der Waals surface area contributed by atoms with E-state index in [1.54, 1.807) is 12.1 Å². The quantitative estimate of drug-likeness (QED) is 0.798. The van der Waals surface area contributed by atoms with Gasteiger partial charge in [-0.2, -0.15) is 9.97 Å². The zero-order valence-corrected chi connectivity index (χ0v) is 12.5. The number of ether oxygens (including phenoxy) is 3. The highest BCUT2D eigenvalue weighted by Gasteiger charge is 2.07. The van der Waals surface area contributed by atoms with Crippen LogP contribution in [0.5, 0.6) is 12.0 Å². The SMILES string of the molecule is COC(=O)c1ccc(CNc2nc(OC)nc(OC)n2)cc1. The number of nitrogens with one attached hydrogen (secondary N) is 1. The third-order valence-corrected chi connectivity index (χ3v) is 2.79. The van der Waals surface area contributed by atoms with Crippen LogP contribution in [0.1, 0.15) is 15.9 Å².